The molecule has 0 heterocycles. The van der Waals surface area contributed by atoms with Gasteiger partial charge in [0.05, 0.1) is 0 Å². The van der Waals surface area contributed by atoms with E-state index in [1.54, 1.807) is 0 Å². The first-order chi connectivity index (χ1) is 4.12. The quantitative estimate of drug-likeness (QED) is 0.392. The highest BCUT2D eigenvalue weighted by Crippen LogP contribution is 2.23. The third-order valence-corrected chi connectivity index (χ3v) is 6.74. The zero-order valence-electron chi connectivity index (χ0n) is 4.84. The van der Waals surface area contributed by atoms with Crippen LogP contribution in [0.25, 0.3) is 0 Å². The molecule has 0 aromatic carbocycles. The number of rotatable bonds is 4. The molecule has 0 saturated heterocycles. The van der Waals surface area contributed by atoms with E-state index in [0.717, 1.165) is 12.5 Å². The highest BCUT2D eigenvalue weighted by atomic mass is 35.7. The van der Waals surface area contributed by atoms with Crippen molar-refractivity contribution in [3.05, 3.63) is 0 Å². The van der Waals surface area contributed by atoms with Crippen molar-refractivity contribution in [2.75, 3.05) is 11.4 Å². The van der Waals surface area contributed by atoms with E-state index in [-0.39, 0.29) is 0 Å². The summed E-state index contributed by atoms with van der Waals surface area (Å²) in [5.74, 6) is 0.616. The van der Waals surface area contributed by atoms with Crippen LogP contribution in [-0.4, -0.2) is 18.1 Å². The third-order valence-electron chi connectivity index (χ3n) is 0.872. The van der Waals surface area contributed by atoms with Crippen molar-refractivity contribution in [2.24, 2.45) is 0 Å². The monoisotopic (exact) mass is 224 g/mol. The third kappa shape index (κ3) is 5.80. The molecule has 0 fully saturated rings. The lowest BCUT2D eigenvalue weighted by Gasteiger charge is -2.10. The van der Waals surface area contributed by atoms with Gasteiger partial charge in [-0.1, -0.05) is 0 Å². The van der Waals surface area contributed by atoms with Crippen molar-refractivity contribution in [1.29, 1.82) is 0 Å². The van der Waals surface area contributed by atoms with E-state index >= 15 is 0 Å². The largest absolute Gasteiger partial charge is 0.265 e. The second kappa shape index (κ2) is 5.08. The topological polar surface area (TPSA) is 0 Å². The van der Waals surface area contributed by atoms with Gasteiger partial charge in [-0.25, -0.2) is 0 Å². The molecule has 0 atom stereocenters. The molecule has 0 aliphatic carbocycles. The lowest BCUT2D eigenvalue weighted by molar-refractivity contribution is 1.08. The molecule has 0 nitrogen and oxygen atoms in total. The minimum Gasteiger partial charge on any atom is -0.145 e. The van der Waals surface area contributed by atoms with E-state index < -0.39 is 6.69 Å². The van der Waals surface area contributed by atoms with Crippen molar-refractivity contribution >= 4 is 52.1 Å². The van der Waals surface area contributed by atoms with Crippen LogP contribution in [0.2, 0.25) is 6.04 Å². The molecule has 0 bridgehead atoms. The van der Waals surface area contributed by atoms with Gasteiger partial charge >= 0.3 is 0 Å². The number of halogens is 4. The standard InChI is InChI=1S/C4H8Cl4Si/c5-2-1-3-9(7,8)4-6/h1-4H2. The maximum atomic E-state index is 5.81. The molecule has 0 saturated carbocycles. The fraction of sp³-hybridized carbons (Fsp3) is 1.00. The molecular weight excluding hydrogens is 218 g/mol. The van der Waals surface area contributed by atoms with E-state index in [1.165, 1.54) is 0 Å². The Labute approximate surface area is 75.8 Å². The molecule has 0 rings (SSSR count). The summed E-state index contributed by atoms with van der Waals surface area (Å²) >= 11 is 22.5. The summed E-state index contributed by atoms with van der Waals surface area (Å²) in [6, 6.07) is 0.795. The fourth-order valence-electron chi connectivity index (χ4n) is 0.392. The molecule has 0 aromatic heterocycles. The van der Waals surface area contributed by atoms with E-state index in [0.29, 0.717) is 11.4 Å². The lowest BCUT2D eigenvalue weighted by Crippen LogP contribution is -2.21. The Balaban J connectivity index is 3.33. The van der Waals surface area contributed by atoms with Crippen LogP contribution in [0.1, 0.15) is 6.42 Å². The first-order valence-electron chi connectivity index (χ1n) is 2.62. The van der Waals surface area contributed by atoms with Crippen molar-refractivity contribution in [1.82, 2.24) is 0 Å². The Morgan fingerprint density at radius 3 is 2.00 bits per heavy atom. The van der Waals surface area contributed by atoms with Crippen LogP contribution >= 0.6 is 45.4 Å². The molecule has 56 valence electrons. The molecular formula is C4H8Cl4Si. The van der Waals surface area contributed by atoms with Gasteiger partial charge in [0.1, 0.15) is 0 Å². The summed E-state index contributed by atoms with van der Waals surface area (Å²) in [6.45, 7) is -2.07. The Morgan fingerprint density at radius 1 is 1.11 bits per heavy atom. The molecule has 0 aliphatic heterocycles. The van der Waals surface area contributed by atoms with Crippen LogP contribution in [0.5, 0.6) is 0 Å². The van der Waals surface area contributed by atoms with Gasteiger partial charge in [-0.3, -0.25) is 0 Å². The number of hydrogen-bond acceptors (Lipinski definition) is 0. The second-order valence-corrected chi connectivity index (χ2v) is 10.4. The molecule has 0 aliphatic rings. The fourth-order valence-corrected chi connectivity index (χ4v) is 2.78. The molecule has 0 radical (unpaired) electrons. The minimum absolute atomic E-state index is 0.396. The smallest absolute Gasteiger partial charge is 0.145 e. The second-order valence-electron chi connectivity index (χ2n) is 1.78. The van der Waals surface area contributed by atoms with Gasteiger partial charge < -0.3 is 0 Å². The van der Waals surface area contributed by atoms with Gasteiger partial charge in [0.25, 0.3) is 6.69 Å². The van der Waals surface area contributed by atoms with Crippen molar-refractivity contribution < 1.29 is 0 Å². The first-order valence-corrected chi connectivity index (χ1v) is 8.13. The average molecular weight is 226 g/mol. The molecule has 0 amide bonds. The van der Waals surface area contributed by atoms with Gasteiger partial charge in [-0.2, -0.15) is 0 Å². The van der Waals surface area contributed by atoms with Crippen molar-refractivity contribution in [2.45, 2.75) is 12.5 Å². The summed E-state index contributed by atoms with van der Waals surface area (Å²) in [6.07, 6.45) is 0.869. The van der Waals surface area contributed by atoms with Gasteiger partial charge in [0, 0.05) is 11.4 Å². The molecule has 0 N–H and O–H groups in total. The summed E-state index contributed by atoms with van der Waals surface area (Å²) in [4.78, 5) is 0. The lowest BCUT2D eigenvalue weighted by atomic mass is 10.6. The normalized spacial score (nSPS) is 12.0. The molecule has 0 spiro atoms. The molecule has 0 aromatic rings. The van der Waals surface area contributed by atoms with Crippen LogP contribution in [0.3, 0.4) is 0 Å². The minimum atomic E-state index is -2.07. The van der Waals surface area contributed by atoms with E-state index in [4.69, 9.17) is 45.4 Å². The number of hydrogen-bond donors (Lipinski definition) is 0. The van der Waals surface area contributed by atoms with Crippen LogP contribution in [0, 0.1) is 0 Å². The van der Waals surface area contributed by atoms with E-state index in [1.807, 2.05) is 0 Å². The zero-order valence-corrected chi connectivity index (χ0v) is 8.86. The summed E-state index contributed by atoms with van der Waals surface area (Å²) in [7, 11) is 0. The van der Waals surface area contributed by atoms with Crippen molar-refractivity contribution in [3.63, 3.8) is 0 Å². The molecule has 9 heavy (non-hydrogen) atoms. The van der Waals surface area contributed by atoms with Gasteiger partial charge in [-0.15, -0.1) is 45.4 Å². The summed E-state index contributed by atoms with van der Waals surface area (Å²) in [5.41, 5.74) is 0.396. The van der Waals surface area contributed by atoms with E-state index in [9.17, 15) is 0 Å². The highest BCUT2D eigenvalue weighted by Gasteiger charge is 2.25. The van der Waals surface area contributed by atoms with Crippen LogP contribution in [0.15, 0.2) is 0 Å². The van der Waals surface area contributed by atoms with Gasteiger partial charge in [-0.05, 0) is 12.5 Å². The van der Waals surface area contributed by atoms with E-state index in [2.05, 4.69) is 0 Å². The highest BCUT2D eigenvalue weighted by molar-refractivity contribution is 7.46. The average Bonchev–Trinajstić information content (AvgIpc) is 1.84. The van der Waals surface area contributed by atoms with Crippen molar-refractivity contribution in [3.8, 4) is 0 Å². The number of alkyl halides is 2. The maximum absolute atomic E-state index is 5.81. The molecule has 5 heteroatoms. The predicted octanol–water partition coefficient (Wildman–Crippen LogP) is 3.31. The summed E-state index contributed by atoms with van der Waals surface area (Å²) < 4.78 is 0. The predicted molar refractivity (Wildman–Crippen MR) is 48.3 cm³/mol. The Bertz CT molecular complexity index is 75.0. The van der Waals surface area contributed by atoms with Gasteiger partial charge in [0.15, 0.2) is 0 Å². The van der Waals surface area contributed by atoms with Gasteiger partial charge in [0.2, 0.25) is 0 Å². The maximum Gasteiger partial charge on any atom is 0.265 e. The SMILES string of the molecule is ClCCC[Si](Cl)(Cl)CCl. The summed E-state index contributed by atoms with van der Waals surface area (Å²) in [5, 5.41) is 0. The van der Waals surface area contributed by atoms with Crippen LogP contribution in [-0.2, 0) is 0 Å². The van der Waals surface area contributed by atoms with Crippen LogP contribution in [0.4, 0.5) is 0 Å². The molecule has 0 unspecified atom stereocenters. The first kappa shape index (κ1) is 10.4. The van der Waals surface area contributed by atoms with Crippen LogP contribution < -0.4 is 0 Å². The Hall–Kier alpha value is 1.38. The Morgan fingerprint density at radius 2 is 1.67 bits per heavy atom. The Kier molecular flexibility index (Phi) is 5.86. The zero-order chi connectivity index (χ0) is 7.33.